The monoisotopic (exact) mass is 254 g/mol. The number of ether oxygens (including phenoxy) is 1. The lowest BCUT2D eigenvalue weighted by molar-refractivity contribution is -0.132. The Hall–Kier alpha value is -0.610. The number of primary amides is 1. The lowest BCUT2D eigenvalue weighted by Crippen LogP contribution is -2.66. The molecule has 1 heterocycles. The molecule has 0 aromatic carbocycles. The maximum absolute atomic E-state index is 12.0. The molecule has 0 radical (unpaired) electrons. The van der Waals surface area contributed by atoms with Gasteiger partial charge < -0.3 is 15.8 Å². The van der Waals surface area contributed by atoms with Gasteiger partial charge in [-0.1, -0.05) is 26.7 Å². The quantitative estimate of drug-likeness (QED) is 0.800. The number of carbonyl (C=O) groups excluding carboxylic acids is 1. The first-order chi connectivity index (χ1) is 8.48. The summed E-state index contributed by atoms with van der Waals surface area (Å²) < 4.78 is 5.62. The average Bonchev–Trinajstić information content (AvgIpc) is 2.80. The van der Waals surface area contributed by atoms with E-state index in [0.717, 1.165) is 45.3 Å². The Morgan fingerprint density at radius 1 is 1.33 bits per heavy atom. The van der Waals surface area contributed by atoms with Crippen LogP contribution in [0.25, 0.3) is 0 Å². The highest BCUT2D eigenvalue weighted by molar-refractivity contribution is 5.85. The first kappa shape index (κ1) is 13.8. The average molecular weight is 254 g/mol. The van der Waals surface area contributed by atoms with Gasteiger partial charge in [-0.25, -0.2) is 0 Å². The normalized spacial score (nSPS) is 35.6. The molecule has 4 heteroatoms. The molecule has 1 amide bonds. The van der Waals surface area contributed by atoms with E-state index in [1.54, 1.807) is 0 Å². The molecule has 2 atom stereocenters. The first-order valence-corrected chi connectivity index (χ1v) is 7.14. The van der Waals surface area contributed by atoms with Gasteiger partial charge in [0.25, 0.3) is 0 Å². The van der Waals surface area contributed by atoms with E-state index < -0.39 is 5.54 Å². The van der Waals surface area contributed by atoms with Crippen LogP contribution in [0.2, 0.25) is 0 Å². The van der Waals surface area contributed by atoms with E-state index in [2.05, 4.69) is 19.2 Å². The van der Waals surface area contributed by atoms with Crippen LogP contribution in [0.1, 0.15) is 52.4 Å². The number of amides is 1. The summed E-state index contributed by atoms with van der Waals surface area (Å²) in [6.45, 7) is 5.89. The van der Waals surface area contributed by atoms with Crippen LogP contribution in [0.15, 0.2) is 0 Å². The number of nitrogens with two attached hydrogens (primary N) is 1. The van der Waals surface area contributed by atoms with E-state index in [9.17, 15) is 4.79 Å². The van der Waals surface area contributed by atoms with Crippen molar-refractivity contribution < 1.29 is 9.53 Å². The van der Waals surface area contributed by atoms with Crippen molar-refractivity contribution in [3.63, 3.8) is 0 Å². The standard InChI is InChI=1S/C14H26N2O2/c1-13(2)7-3-4-8-14(13,12(15)17)16-10-11-6-5-9-18-11/h11,16H,3-10H2,1-2H3,(H2,15,17). The van der Waals surface area contributed by atoms with Gasteiger partial charge in [-0.2, -0.15) is 0 Å². The van der Waals surface area contributed by atoms with Crippen molar-refractivity contribution in [1.29, 1.82) is 0 Å². The van der Waals surface area contributed by atoms with Crippen LogP contribution in [-0.4, -0.2) is 30.7 Å². The highest BCUT2D eigenvalue weighted by atomic mass is 16.5. The van der Waals surface area contributed by atoms with Crippen LogP contribution < -0.4 is 11.1 Å². The number of hydrogen-bond donors (Lipinski definition) is 2. The molecule has 0 spiro atoms. The van der Waals surface area contributed by atoms with E-state index >= 15 is 0 Å². The lowest BCUT2D eigenvalue weighted by Gasteiger charge is -2.49. The highest BCUT2D eigenvalue weighted by Crippen LogP contribution is 2.43. The van der Waals surface area contributed by atoms with Crippen LogP contribution in [0.5, 0.6) is 0 Å². The minimum atomic E-state index is -0.558. The number of hydrogen-bond acceptors (Lipinski definition) is 3. The zero-order chi connectivity index (χ0) is 13.2. The van der Waals surface area contributed by atoms with Crippen molar-refractivity contribution in [2.45, 2.75) is 64.0 Å². The Bertz CT molecular complexity index is 311. The highest BCUT2D eigenvalue weighted by Gasteiger charge is 2.51. The minimum absolute atomic E-state index is 0.0737. The summed E-state index contributed by atoms with van der Waals surface area (Å²) in [7, 11) is 0. The Labute approximate surface area is 110 Å². The second-order valence-corrected chi connectivity index (χ2v) is 6.38. The Morgan fingerprint density at radius 2 is 2.06 bits per heavy atom. The fraction of sp³-hybridized carbons (Fsp3) is 0.929. The molecule has 2 fully saturated rings. The van der Waals surface area contributed by atoms with Crippen molar-refractivity contribution in [3.8, 4) is 0 Å². The largest absolute Gasteiger partial charge is 0.377 e. The third-order valence-corrected chi connectivity index (χ3v) is 4.84. The summed E-state index contributed by atoms with van der Waals surface area (Å²) >= 11 is 0. The van der Waals surface area contributed by atoms with Gasteiger partial charge in [0.1, 0.15) is 5.54 Å². The summed E-state index contributed by atoms with van der Waals surface area (Å²) in [4.78, 5) is 12.0. The molecule has 2 rings (SSSR count). The lowest BCUT2D eigenvalue weighted by atomic mass is 9.62. The zero-order valence-corrected chi connectivity index (χ0v) is 11.6. The summed E-state index contributed by atoms with van der Waals surface area (Å²) in [5, 5.41) is 3.47. The predicted molar refractivity (Wildman–Crippen MR) is 71.2 cm³/mol. The van der Waals surface area contributed by atoms with Crippen LogP contribution in [0.3, 0.4) is 0 Å². The van der Waals surface area contributed by atoms with E-state index in [1.807, 2.05) is 0 Å². The molecular formula is C14H26N2O2. The van der Waals surface area contributed by atoms with Crippen molar-refractivity contribution >= 4 is 5.91 Å². The third kappa shape index (κ3) is 2.41. The zero-order valence-electron chi connectivity index (χ0n) is 11.6. The SMILES string of the molecule is CC1(C)CCCCC1(NCC1CCCO1)C(N)=O. The van der Waals surface area contributed by atoms with Gasteiger partial charge in [0, 0.05) is 13.2 Å². The van der Waals surface area contributed by atoms with Crippen LogP contribution in [0, 0.1) is 5.41 Å². The Balaban J connectivity index is 2.07. The molecular weight excluding hydrogens is 228 g/mol. The molecule has 1 aliphatic heterocycles. The van der Waals surface area contributed by atoms with Gasteiger partial charge in [-0.05, 0) is 31.1 Å². The third-order valence-electron chi connectivity index (χ3n) is 4.84. The van der Waals surface area contributed by atoms with E-state index in [4.69, 9.17) is 10.5 Å². The van der Waals surface area contributed by atoms with Crippen molar-refractivity contribution in [2.75, 3.05) is 13.2 Å². The Morgan fingerprint density at radius 3 is 2.61 bits per heavy atom. The molecule has 1 saturated carbocycles. The molecule has 0 aromatic rings. The van der Waals surface area contributed by atoms with E-state index in [-0.39, 0.29) is 17.4 Å². The summed E-state index contributed by atoms with van der Waals surface area (Å²) in [5.41, 5.74) is 5.09. The molecule has 1 aliphatic carbocycles. The van der Waals surface area contributed by atoms with E-state index in [1.165, 1.54) is 6.42 Å². The molecule has 3 N–H and O–H groups in total. The maximum Gasteiger partial charge on any atom is 0.238 e. The molecule has 2 unspecified atom stereocenters. The van der Waals surface area contributed by atoms with Gasteiger partial charge in [0.2, 0.25) is 5.91 Å². The van der Waals surface area contributed by atoms with Crippen LogP contribution >= 0.6 is 0 Å². The maximum atomic E-state index is 12.0. The Kier molecular flexibility index (Phi) is 3.97. The number of carbonyl (C=O) groups is 1. The summed E-state index contributed by atoms with van der Waals surface area (Å²) in [5.74, 6) is -0.204. The van der Waals surface area contributed by atoms with Gasteiger partial charge in [-0.15, -0.1) is 0 Å². The molecule has 104 valence electrons. The molecule has 2 aliphatic rings. The van der Waals surface area contributed by atoms with Gasteiger partial charge in [0.05, 0.1) is 6.10 Å². The topological polar surface area (TPSA) is 64.3 Å². The predicted octanol–water partition coefficient (Wildman–Crippen LogP) is 1.58. The number of rotatable bonds is 4. The summed E-state index contributed by atoms with van der Waals surface area (Å²) in [6.07, 6.45) is 6.62. The number of nitrogens with one attached hydrogen (secondary N) is 1. The van der Waals surface area contributed by atoms with Gasteiger partial charge in [0.15, 0.2) is 0 Å². The fourth-order valence-corrected chi connectivity index (χ4v) is 3.47. The van der Waals surface area contributed by atoms with Crippen molar-refractivity contribution in [3.05, 3.63) is 0 Å². The van der Waals surface area contributed by atoms with Crippen molar-refractivity contribution in [1.82, 2.24) is 5.32 Å². The second-order valence-electron chi connectivity index (χ2n) is 6.38. The molecule has 1 saturated heterocycles. The van der Waals surface area contributed by atoms with E-state index in [0.29, 0.717) is 0 Å². The molecule has 0 bridgehead atoms. The minimum Gasteiger partial charge on any atom is -0.377 e. The smallest absolute Gasteiger partial charge is 0.238 e. The molecule has 4 nitrogen and oxygen atoms in total. The van der Waals surface area contributed by atoms with Gasteiger partial charge in [-0.3, -0.25) is 4.79 Å². The summed E-state index contributed by atoms with van der Waals surface area (Å²) in [6, 6.07) is 0. The van der Waals surface area contributed by atoms with Crippen LogP contribution in [0.4, 0.5) is 0 Å². The van der Waals surface area contributed by atoms with Crippen molar-refractivity contribution in [2.24, 2.45) is 11.1 Å². The second kappa shape index (κ2) is 5.17. The molecule has 0 aromatic heterocycles. The first-order valence-electron chi connectivity index (χ1n) is 7.14. The molecule has 18 heavy (non-hydrogen) atoms. The van der Waals surface area contributed by atoms with Gasteiger partial charge >= 0.3 is 0 Å². The van der Waals surface area contributed by atoms with Crippen LogP contribution in [-0.2, 0) is 9.53 Å². The fourth-order valence-electron chi connectivity index (χ4n) is 3.47.